The van der Waals surface area contributed by atoms with Gasteiger partial charge in [-0.3, -0.25) is 9.59 Å². The number of aliphatic hydroxyl groups excluding tert-OH is 1. The number of carbonyl (C=O) groups excluding carboxylic acids is 2. The van der Waals surface area contributed by atoms with E-state index in [1.807, 2.05) is 17.5 Å². The van der Waals surface area contributed by atoms with Crippen LogP contribution in [-0.4, -0.2) is 47.9 Å². The lowest BCUT2D eigenvalue weighted by molar-refractivity contribution is -0.896. The third-order valence-corrected chi connectivity index (χ3v) is 6.18. The summed E-state index contributed by atoms with van der Waals surface area (Å²) in [5, 5.41) is 12.5. The highest BCUT2D eigenvalue weighted by atomic mass is 32.1. The fourth-order valence-electron chi connectivity index (χ4n) is 3.65. The fourth-order valence-corrected chi connectivity index (χ4v) is 4.50. The van der Waals surface area contributed by atoms with Gasteiger partial charge in [-0.1, -0.05) is 6.07 Å². The second-order valence-electron chi connectivity index (χ2n) is 6.98. The third kappa shape index (κ3) is 3.91. The number of nitrogens with one attached hydrogen (secondary N) is 1. The summed E-state index contributed by atoms with van der Waals surface area (Å²) in [6.07, 6.45) is 0.805. The highest BCUT2D eigenvalue weighted by Gasteiger charge is 2.44. The molecular formula is C21H27N2O4S+. The van der Waals surface area contributed by atoms with Crippen molar-refractivity contribution in [3.05, 3.63) is 57.4 Å². The predicted octanol–water partition coefficient (Wildman–Crippen LogP) is 2.54. The van der Waals surface area contributed by atoms with Crippen LogP contribution in [0.1, 0.15) is 47.5 Å². The van der Waals surface area contributed by atoms with Crippen molar-refractivity contribution in [3.8, 4) is 0 Å². The molecule has 0 spiro atoms. The van der Waals surface area contributed by atoms with Gasteiger partial charge in [0.25, 0.3) is 5.91 Å². The first kappa shape index (κ1) is 20.4. The Hall–Kier alpha value is -2.38. The topological polar surface area (TPSA) is 75.2 Å². The minimum atomic E-state index is -0.572. The second kappa shape index (κ2) is 8.75. The minimum Gasteiger partial charge on any atom is -0.503 e. The summed E-state index contributed by atoms with van der Waals surface area (Å²) in [6.45, 7) is 9.53. The molecule has 0 saturated carbocycles. The molecule has 7 heteroatoms. The molecule has 1 aliphatic heterocycles. The van der Waals surface area contributed by atoms with E-state index < -0.39 is 23.5 Å². The van der Waals surface area contributed by atoms with E-state index in [0.717, 1.165) is 30.9 Å². The highest BCUT2D eigenvalue weighted by Crippen LogP contribution is 2.40. The monoisotopic (exact) mass is 403 g/mol. The van der Waals surface area contributed by atoms with Crippen LogP contribution in [0, 0.1) is 6.92 Å². The molecule has 150 valence electrons. The normalized spacial score (nSPS) is 17.2. The maximum absolute atomic E-state index is 13.1. The summed E-state index contributed by atoms with van der Waals surface area (Å²) < 4.78 is 5.46. The molecule has 6 nitrogen and oxygen atoms in total. The molecule has 2 aromatic heterocycles. The summed E-state index contributed by atoms with van der Waals surface area (Å²) in [5.41, 5.74) is 0.108. The summed E-state index contributed by atoms with van der Waals surface area (Å²) in [6, 6.07) is 6.49. The number of Topliss-reactive ketones (excluding diaryl/α,β-unsaturated/α-hetero) is 1. The molecule has 0 aliphatic carbocycles. The van der Waals surface area contributed by atoms with E-state index in [1.54, 1.807) is 24.0 Å². The number of aliphatic hydroxyl groups is 1. The zero-order valence-corrected chi connectivity index (χ0v) is 17.3. The van der Waals surface area contributed by atoms with Gasteiger partial charge in [0.2, 0.25) is 5.78 Å². The SMILES string of the molecule is CC[NH+](CC)CCCN1C(=O)C(O)=C(C(=O)c2ccc(C)o2)[C@@H]1c1cccs1. The van der Waals surface area contributed by atoms with Gasteiger partial charge in [0.1, 0.15) is 5.76 Å². The van der Waals surface area contributed by atoms with E-state index in [-0.39, 0.29) is 11.3 Å². The van der Waals surface area contributed by atoms with Gasteiger partial charge in [-0.25, -0.2) is 0 Å². The highest BCUT2D eigenvalue weighted by molar-refractivity contribution is 7.10. The molecule has 3 heterocycles. The standard InChI is InChI=1S/C21H26N2O4S/c1-4-22(5-2)11-7-12-23-18(16-8-6-13-28-16)17(20(25)21(23)26)19(24)15-10-9-14(3)27-15/h6,8-10,13,18,25H,4-5,7,11-12H2,1-3H3/p+1/t18-/m0/s1. The van der Waals surface area contributed by atoms with Gasteiger partial charge in [0.05, 0.1) is 31.2 Å². The number of thiophene rings is 1. The zero-order valence-electron chi connectivity index (χ0n) is 16.5. The van der Waals surface area contributed by atoms with Gasteiger partial charge < -0.3 is 19.3 Å². The molecule has 0 bridgehead atoms. The van der Waals surface area contributed by atoms with Crippen LogP contribution in [0.2, 0.25) is 0 Å². The molecule has 2 aromatic rings. The van der Waals surface area contributed by atoms with Crippen LogP contribution in [0.3, 0.4) is 0 Å². The number of furan rings is 1. The van der Waals surface area contributed by atoms with Crippen molar-refractivity contribution in [1.29, 1.82) is 0 Å². The van der Waals surface area contributed by atoms with Crippen molar-refractivity contribution in [3.63, 3.8) is 0 Å². The van der Waals surface area contributed by atoms with Gasteiger partial charge in [-0.2, -0.15) is 0 Å². The second-order valence-corrected chi connectivity index (χ2v) is 7.96. The van der Waals surface area contributed by atoms with Crippen molar-refractivity contribution >= 4 is 23.0 Å². The van der Waals surface area contributed by atoms with E-state index in [9.17, 15) is 14.7 Å². The van der Waals surface area contributed by atoms with Crippen molar-refractivity contribution in [2.45, 2.75) is 33.2 Å². The van der Waals surface area contributed by atoms with Crippen LogP contribution < -0.4 is 4.90 Å². The molecule has 0 unspecified atom stereocenters. The van der Waals surface area contributed by atoms with E-state index >= 15 is 0 Å². The summed E-state index contributed by atoms with van der Waals surface area (Å²) in [5.74, 6) is -0.635. The third-order valence-electron chi connectivity index (χ3n) is 5.25. The average Bonchev–Trinajstić information content (AvgIpc) is 3.41. The maximum atomic E-state index is 13.1. The Morgan fingerprint density at radius 1 is 1.29 bits per heavy atom. The Kier molecular flexibility index (Phi) is 6.36. The number of quaternary nitrogens is 1. The summed E-state index contributed by atoms with van der Waals surface area (Å²) in [7, 11) is 0. The van der Waals surface area contributed by atoms with Gasteiger partial charge in [-0.15, -0.1) is 11.3 Å². The predicted molar refractivity (Wildman–Crippen MR) is 108 cm³/mol. The van der Waals surface area contributed by atoms with Gasteiger partial charge in [0, 0.05) is 17.8 Å². The first-order chi connectivity index (χ1) is 13.5. The molecule has 1 aliphatic rings. The molecule has 28 heavy (non-hydrogen) atoms. The average molecular weight is 404 g/mol. The van der Waals surface area contributed by atoms with Crippen LogP contribution in [0.25, 0.3) is 0 Å². The van der Waals surface area contributed by atoms with Crippen molar-refractivity contribution in [2.75, 3.05) is 26.2 Å². The fraction of sp³-hybridized carbons (Fsp3) is 0.429. The smallest absolute Gasteiger partial charge is 0.290 e. The van der Waals surface area contributed by atoms with E-state index in [1.165, 1.54) is 16.2 Å². The lowest BCUT2D eigenvalue weighted by Gasteiger charge is -2.26. The van der Waals surface area contributed by atoms with Gasteiger partial charge in [-0.05, 0) is 44.4 Å². The Balaban J connectivity index is 1.88. The Morgan fingerprint density at radius 3 is 2.61 bits per heavy atom. The molecule has 0 radical (unpaired) electrons. The number of amides is 1. The zero-order chi connectivity index (χ0) is 20.3. The van der Waals surface area contributed by atoms with Crippen LogP contribution >= 0.6 is 11.3 Å². The molecule has 1 amide bonds. The van der Waals surface area contributed by atoms with E-state index in [4.69, 9.17) is 4.42 Å². The van der Waals surface area contributed by atoms with Crippen LogP contribution in [0.5, 0.6) is 0 Å². The van der Waals surface area contributed by atoms with Gasteiger partial charge >= 0.3 is 0 Å². The van der Waals surface area contributed by atoms with Crippen LogP contribution in [0.4, 0.5) is 0 Å². The van der Waals surface area contributed by atoms with Crippen molar-refractivity contribution in [2.24, 2.45) is 0 Å². The minimum absolute atomic E-state index is 0.108. The molecule has 0 aromatic carbocycles. The maximum Gasteiger partial charge on any atom is 0.290 e. The van der Waals surface area contributed by atoms with Crippen molar-refractivity contribution in [1.82, 2.24) is 4.90 Å². The number of nitrogens with zero attached hydrogens (tertiary/aromatic N) is 1. The number of ketones is 1. The molecule has 1 atom stereocenters. The lowest BCUT2D eigenvalue weighted by Crippen LogP contribution is -3.11. The van der Waals surface area contributed by atoms with Crippen LogP contribution in [-0.2, 0) is 4.79 Å². The molecule has 2 N–H and O–H groups in total. The number of aryl methyl sites for hydroxylation is 1. The molecule has 3 rings (SSSR count). The number of carbonyl (C=O) groups is 2. The Bertz CT molecular complexity index is 865. The van der Waals surface area contributed by atoms with Crippen molar-refractivity contribution < 1.29 is 24.0 Å². The summed E-state index contributed by atoms with van der Waals surface area (Å²) >= 11 is 1.47. The Morgan fingerprint density at radius 2 is 2.04 bits per heavy atom. The number of rotatable bonds is 9. The Labute approximate surface area is 169 Å². The largest absolute Gasteiger partial charge is 0.503 e. The first-order valence-electron chi connectivity index (χ1n) is 9.70. The lowest BCUT2D eigenvalue weighted by atomic mass is 10.0. The van der Waals surface area contributed by atoms with E-state index in [2.05, 4.69) is 13.8 Å². The molecule has 0 fully saturated rings. The number of hydrogen-bond donors (Lipinski definition) is 2. The summed E-state index contributed by atoms with van der Waals surface area (Å²) in [4.78, 5) is 29.8. The number of hydrogen-bond acceptors (Lipinski definition) is 5. The van der Waals surface area contributed by atoms with E-state index in [0.29, 0.717) is 12.3 Å². The molecule has 0 saturated heterocycles. The molecular weight excluding hydrogens is 376 g/mol. The quantitative estimate of drug-likeness (QED) is 0.631. The van der Waals surface area contributed by atoms with Crippen LogP contribution in [0.15, 0.2) is 45.4 Å². The first-order valence-corrected chi connectivity index (χ1v) is 10.6. The van der Waals surface area contributed by atoms with Gasteiger partial charge in [0.15, 0.2) is 11.5 Å².